The Bertz CT molecular complexity index is 462. The molecule has 2 N–H and O–H groups in total. The summed E-state index contributed by atoms with van der Waals surface area (Å²) in [7, 11) is 1.93. The number of H-pyrrole nitrogens is 1. The lowest BCUT2D eigenvalue weighted by molar-refractivity contribution is 0.758. The topological polar surface area (TPSA) is 53.6 Å². The van der Waals surface area contributed by atoms with Gasteiger partial charge in [-0.05, 0) is 20.0 Å². The SMILES string of the molecule is CNCCc1nc(-c2cccc(C)c2)n[nH]1. The maximum absolute atomic E-state index is 4.45. The van der Waals surface area contributed by atoms with Crippen molar-refractivity contribution < 1.29 is 0 Å². The standard InChI is InChI=1S/C12H16N4/c1-9-4-3-5-10(8-9)12-14-11(15-16-12)6-7-13-2/h3-5,8,13H,6-7H2,1-2H3,(H,14,15,16). The summed E-state index contributed by atoms with van der Waals surface area (Å²) in [6, 6.07) is 8.20. The molecule has 0 saturated carbocycles. The number of aromatic nitrogens is 3. The van der Waals surface area contributed by atoms with E-state index in [9.17, 15) is 0 Å². The van der Waals surface area contributed by atoms with Gasteiger partial charge in [-0.1, -0.05) is 23.8 Å². The van der Waals surface area contributed by atoms with Crippen molar-refractivity contribution in [3.8, 4) is 11.4 Å². The molecule has 0 bridgehead atoms. The van der Waals surface area contributed by atoms with E-state index in [1.165, 1.54) is 5.56 Å². The molecule has 2 rings (SSSR count). The molecule has 0 radical (unpaired) electrons. The molecule has 0 unspecified atom stereocenters. The summed E-state index contributed by atoms with van der Waals surface area (Å²) in [6.07, 6.45) is 0.870. The van der Waals surface area contributed by atoms with Crippen LogP contribution in [-0.2, 0) is 6.42 Å². The van der Waals surface area contributed by atoms with Crippen molar-refractivity contribution in [2.75, 3.05) is 13.6 Å². The molecule has 0 saturated heterocycles. The van der Waals surface area contributed by atoms with E-state index >= 15 is 0 Å². The smallest absolute Gasteiger partial charge is 0.181 e. The number of rotatable bonds is 4. The first-order valence-electron chi connectivity index (χ1n) is 5.42. The molecule has 16 heavy (non-hydrogen) atoms. The fourth-order valence-electron chi connectivity index (χ4n) is 1.56. The number of hydrogen-bond donors (Lipinski definition) is 2. The van der Waals surface area contributed by atoms with Crippen LogP contribution in [0.1, 0.15) is 11.4 Å². The molecule has 2 aromatic rings. The van der Waals surface area contributed by atoms with Gasteiger partial charge in [-0.3, -0.25) is 5.10 Å². The zero-order chi connectivity index (χ0) is 11.4. The number of benzene rings is 1. The van der Waals surface area contributed by atoms with Crippen molar-refractivity contribution >= 4 is 0 Å². The molecule has 1 heterocycles. The van der Waals surface area contributed by atoms with Crippen molar-refractivity contribution in [2.45, 2.75) is 13.3 Å². The molecule has 0 spiro atoms. The lowest BCUT2D eigenvalue weighted by atomic mass is 10.1. The average molecular weight is 216 g/mol. The van der Waals surface area contributed by atoms with Crippen molar-refractivity contribution in [1.29, 1.82) is 0 Å². The Labute approximate surface area is 95.1 Å². The van der Waals surface area contributed by atoms with Crippen molar-refractivity contribution in [3.63, 3.8) is 0 Å². The molecule has 0 aliphatic heterocycles. The highest BCUT2D eigenvalue weighted by Crippen LogP contribution is 2.15. The van der Waals surface area contributed by atoms with Crippen molar-refractivity contribution in [1.82, 2.24) is 20.5 Å². The minimum absolute atomic E-state index is 0.773. The Hall–Kier alpha value is -1.68. The zero-order valence-electron chi connectivity index (χ0n) is 9.62. The van der Waals surface area contributed by atoms with E-state index in [2.05, 4.69) is 39.6 Å². The number of likely N-dealkylation sites (N-methyl/N-ethyl adjacent to an activating group) is 1. The predicted octanol–water partition coefficient (Wildman–Crippen LogP) is 1.54. The highest BCUT2D eigenvalue weighted by atomic mass is 15.2. The second-order valence-electron chi connectivity index (χ2n) is 3.83. The molecule has 84 valence electrons. The van der Waals surface area contributed by atoms with Crippen LogP contribution >= 0.6 is 0 Å². The lowest BCUT2D eigenvalue weighted by Crippen LogP contribution is -2.11. The third kappa shape index (κ3) is 2.46. The van der Waals surface area contributed by atoms with E-state index in [0.29, 0.717) is 0 Å². The minimum Gasteiger partial charge on any atom is -0.319 e. The van der Waals surface area contributed by atoms with Crippen LogP contribution in [0.5, 0.6) is 0 Å². The Morgan fingerprint density at radius 2 is 2.25 bits per heavy atom. The third-order valence-electron chi connectivity index (χ3n) is 2.42. The number of aryl methyl sites for hydroxylation is 1. The van der Waals surface area contributed by atoms with E-state index in [-0.39, 0.29) is 0 Å². The summed E-state index contributed by atoms with van der Waals surface area (Å²) in [5.41, 5.74) is 2.28. The molecular weight excluding hydrogens is 200 g/mol. The zero-order valence-corrected chi connectivity index (χ0v) is 9.62. The van der Waals surface area contributed by atoms with Crippen molar-refractivity contribution in [2.24, 2.45) is 0 Å². The highest BCUT2D eigenvalue weighted by Gasteiger charge is 2.05. The van der Waals surface area contributed by atoms with Crippen LogP contribution in [-0.4, -0.2) is 28.8 Å². The monoisotopic (exact) mass is 216 g/mol. The third-order valence-corrected chi connectivity index (χ3v) is 2.42. The van der Waals surface area contributed by atoms with E-state index in [0.717, 1.165) is 30.2 Å². The van der Waals surface area contributed by atoms with Gasteiger partial charge in [-0.25, -0.2) is 4.98 Å². The van der Waals surface area contributed by atoms with Crippen molar-refractivity contribution in [3.05, 3.63) is 35.7 Å². The van der Waals surface area contributed by atoms with Gasteiger partial charge in [0, 0.05) is 18.5 Å². The Balaban J connectivity index is 2.18. The Morgan fingerprint density at radius 3 is 3.00 bits per heavy atom. The highest BCUT2D eigenvalue weighted by molar-refractivity contribution is 5.55. The van der Waals surface area contributed by atoms with E-state index < -0.39 is 0 Å². The quantitative estimate of drug-likeness (QED) is 0.815. The fraction of sp³-hybridized carbons (Fsp3) is 0.333. The van der Waals surface area contributed by atoms with Crippen LogP contribution in [0.2, 0.25) is 0 Å². The van der Waals surface area contributed by atoms with Crippen LogP contribution in [0.15, 0.2) is 24.3 Å². The van der Waals surface area contributed by atoms with Gasteiger partial charge in [0.05, 0.1) is 0 Å². The van der Waals surface area contributed by atoms with E-state index in [1.807, 2.05) is 19.2 Å². The average Bonchev–Trinajstić information content (AvgIpc) is 2.75. The van der Waals surface area contributed by atoms with Gasteiger partial charge < -0.3 is 5.32 Å². The van der Waals surface area contributed by atoms with Crippen LogP contribution in [0.4, 0.5) is 0 Å². The molecule has 0 fully saturated rings. The maximum Gasteiger partial charge on any atom is 0.181 e. The number of nitrogens with one attached hydrogen (secondary N) is 2. The van der Waals surface area contributed by atoms with Crippen LogP contribution < -0.4 is 5.32 Å². The molecule has 4 heteroatoms. The number of nitrogens with zero attached hydrogens (tertiary/aromatic N) is 2. The summed E-state index contributed by atoms with van der Waals surface area (Å²) >= 11 is 0. The minimum atomic E-state index is 0.773. The summed E-state index contributed by atoms with van der Waals surface area (Å²) in [5, 5.41) is 10.3. The normalized spacial score (nSPS) is 10.6. The Kier molecular flexibility index (Phi) is 3.31. The van der Waals surface area contributed by atoms with Gasteiger partial charge in [0.1, 0.15) is 5.82 Å². The predicted molar refractivity (Wildman–Crippen MR) is 64.2 cm³/mol. The van der Waals surface area contributed by atoms with Gasteiger partial charge in [-0.2, -0.15) is 5.10 Å². The molecule has 0 amide bonds. The molecule has 1 aromatic heterocycles. The molecule has 0 aliphatic carbocycles. The van der Waals surface area contributed by atoms with Gasteiger partial charge in [-0.15, -0.1) is 0 Å². The molecular formula is C12H16N4. The fourth-order valence-corrected chi connectivity index (χ4v) is 1.56. The van der Waals surface area contributed by atoms with Gasteiger partial charge in [0.25, 0.3) is 0 Å². The van der Waals surface area contributed by atoms with Gasteiger partial charge in [0.15, 0.2) is 5.82 Å². The van der Waals surface area contributed by atoms with E-state index in [1.54, 1.807) is 0 Å². The molecule has 1 aromatic carbocycles. The molecule has 0 aliphatic rings. The number of hydrogen-bond acceptors (Lipinski definition) is 3. The van der Waals surface area contributed by atoms with Crippen LogP contribution in [0.3, 0.4) is 0 Å². The van der Waals surface area contributed by atoms with Gasteiger partial charge >= 0.3 is 0 Å². The van der Waals surface area contributed by atoms with Crippen LogP contribution in [0.25, 0.3) is 11.4 Å². The van der Waals surface area contributed by atoms with Crippen LogP contribution in [0, 0.1) is 6.92 Å². The first-order chi connectivity index (χ1) is 7.79. The second-order valence-corrected chi connectivity index (χ2v) is 3.83. The lowest BCUT2D eigenvalue weighted by Gasteiger charge is -1.96. The largest absolute Gasteiger partial charge is 0.319 e. The molecule has 0 atom stereocenters. The van der Waals surface area contributed by atoms with E-state index in [4.69, 9.17) is 0 Å². The maximum atomic E-state index is 4.45. The Morgan fingerprint density at radius 1 is 1.38 bits per heavy atom. The number of aromatic amines is 1. The summed E-state index contributed by atoms with van der Waals surface area (Å²) in [6.45, 7) is 2.97. The summed E-state index contributed by atoms with van der Waals surface area (Å²) in [4.78, 5) is 4.45. The van der Waals surface area contributed by atoms with Gasteiger partial charge in [0.2, 0.25) is 0 Å². The second kappa shape index (κ2) is 4.90. The first kappa shape index (κ1) is 10.8. The summed E-state index contributed by atoms with van der Waals surface area (Å²) in [5.74, 6) is 1.70. The summed E-state index contributed by atoms with van der Waals surface area (Å²) < 4.78 is 0. The molecule has 4 nitrogen and oxygen atoms in total. The first-order valence-corrected chi connectivity index (χ1v) is 5.42.